The number of hydrogen-bond donors (Lipinski definition) is 0. The Balaban J connectivity index is 1.77. The number of fused-ring (bicyclic) bond motifs is 1. The van der Waals surface area contributed by atoms with Crippen molar-refractivity contribution in [2.24, 2.45) is 5.92 Å². The summed E-state index contributed by atoms with van der Waals surface area (Å²) in [4.78, 5) is 0. The van der Waals surface area contributed by atoms with E-state index in [0.29, 0.717) is 17.2 Å². The Labute approximate surface area is 94.5 Å². The van der Waals surface area contributed by atoms with Crippen molar-refractivity contribution in [1.82, 2.24) is 0 Å². The molecule has 2 nitrogen and oxygen atoms in total. The maximum absolute atomic E-state index is 6.23. The monoisotopic (exact) mass is 228 g/mol. The molecular weight excluding hydrogens is 204 g/mol. The van der Waals surface area contributed by atoms with E-state index >= 15 is 0 Å². The molecule has 3 atom stereocenters. The number of rotatable bonds is 3. The summed E-state index contributed by atoms with van der Waals surface area (Å²) < 4.78 is 11.7. The molecule has 1 aliphatic carbocycles. The third kappa shape index (κ3) is 2.45. The third-order valence-corrected chi connectivity index (χ3v) is 8.81. The van der Waals surface area contributed by atoms with Gasteiger partial charge in [0.1, 0.15) is 0 Å². The molecule has 1 saturated carbocycles. The van der Waals surface area contributed by atoms with E-state index < -0.39 is 8.32 Å². The van der Waals surface area contributed by atoms with Gasteiger partial charge in [0.05, 0.1) is 12.2 Å². The third-order valence-electron chi connectivity index (χ3n) is 4.30. The van der Waals surface area contributed by atoms with Gasteiger partial charge in [-0.25, -0.2) is 0 Å². The van der Waals surface area contributed by atoms with Gasteiger partial charge in [-0.15, -0.1) is 0 Å². The Bertz CT molecular complexity index is 234. The molecule has 3 heteroatoms. The molecule has 15 heavy (non-hydrogen) atoms. The van der Waals surface area contributed by atoms with Gasteiger partial charge in [0.2, 0.25) is 0 Å². The number of ether oxygens (including phenoxy) is 1. The van der Waals surface area contributed by atoms with Gasteiger partial charge >= 0.3 is 0 Å². The maximum atomic E-state index is 6.23. The van der Waals surface area contributed by atoms with Gasteiger partial charge in [-0.05, 0) is 36.9 Å². The number of hydrogen-bond acceptors (Lipinski definition) is 2. The molecule has 0 N–H and O–H groups in total. The SMILES string of the molecule is CC(C)(C)[Si](C)(C)OC[C@H]1C[C@@H]2O[C@@H]2C1. The van der Waals surface area contributed by atoms with Crippen LogP contribution in [0.5, 0.6) is 0 Å². The molecule has 88 valence electrons. The van der Waals surface area contributed by atoms with Gasteiger partial charge < -0.3 is 9.16 Å². The van der Waals surface area contributed by atoms with Gasteiger partial charge in [-0.3, -0.25) is 0 Å². The first-order valence-electron chi connectivity index (χ1n) is 6.09. The summed E-state index contributed by atoms with van der Waals surface area (Å²) >= 11 is 0. The highest BCUT2D eigenvalue weighted by atomic mass is 28.4. The highest BCUT2D eigenvalue weighted by Gasteiger charge is 2.48. The second-order valence-corrected chi connectivity index (χ2v) is 11.4. The lowest BCUT2D eigenvalue weighted by Gasteiger charge is -2.37. The second kappa shape index (κ2) is 3.57. The minimum Gasteiger partial charge on any atom is -0.417 e. The van der Waals surface area contributed by atoms with Crippen LogP contribution in [0.3, 0.4) is 0 Å². The molecule has 0 bridgehead atoms. The van der Waals surface area contributed by atoms with Crippen LogP contribution in [0.2, 0.25) is 18.1 Å². The summed E-state index contributed by atoms with van der Waals surface area (Å²) in [6, 6.07) is 0. The molecule has 0 aromatic rings. The molecule has 0 aromatic heterocycles. The molecule has 0 radical (unpaired) electrons. The van der Waals surface area contributed by atoms with Crippen molar-refractivity contribution in [3.8, 4) is 0 Å². The summed E-state index contributed by atoms with van der Waals surface area (Å²) in [5.74, 6) is 0.767. The first-order valence-corrected chi connectivity index (χ1v) is 9.00. The van der Waals surface area contributed by atoms with E-state index in [9.17, 15) is 0 Å². The average Bonchev–Trinajstić information content (AvgIpc) is 2.69. The summed E-state index contributed by atoms with van der Waals surface area (Å²) in [5.41, 5.74) is 0. The molecule has 2 aliphatic rings. The Morgan fingerprint density at radius 2 is 1.73 bits per heavy atom. The zero-order chi connectivity index (χ0) is 11.3. The van der Waals surface area contributed by atoms with E-state index in [1.165, 1.54) is 12.8 Å². The van der Waals surface area contributed by atoms with Gasteiger partial charge in [0.25, 0.3) is 0 Å². The molecule has 1 aliphatic heterocycles. The second-order valence-electron chi connectivity index (χ2n) is 6.62. The molecular formula is C12H24O2Si. The average molecular weight is 228 g/mol. The van der Waals surface area contributed by atoms with Crippen LogP contribution in [0.1, 0.15) is 33.6 Å². The van der Waals surface area contributed by atoms with E-state index in [1.807, 2.05) is 0 Å². The number of epoxide rings is 1. The predicted molar refractivity (Wildman–Crippen MR) is 64.5 cm³/mol. The van der Waals surface area contributed by atoms with Crippen LogP contribution in [0.15, 0.2) is 0 Å². The fourth-order valence-electron chi connectivity index (χ4n) is 2.03. The van der Waals surface area contributed by atoms with Gasteiger partial charge in [0.15, 0.2) is 8.32 Å². The van der Waals surface area contributed by atoms with Crippen molar-refractivity contribution >= 4 is 8.32 Å². The molecule has 0 spiro atoms. The zero-order valence-electron chi connectivity index (χ0n) is 10.7. The van der Waals surface area contributed by atoms with Gasteiger partial charge in [0, 0.05) is 6.61 Å². The van der Waals surface area contributed by atoms with E-state index in [1.54, 1.807) is 0 Å². The summed E-state index contributed by atoms with van der Waals surface area (Å²) in [6.45, 7) is 12.5. The van der Waals surface area contributed by atoms with Crippen LogP contribution in [0, 0.1) is 5.92 Å². The Morgan fingerprint density at radius 1 is 1.20 bits per heavy atom. The fraction of sp³-hybridized carbons (Fsp3) is 1.00. The zero-order valence-corrected chi connectivity index (χ0v) is 11.7. The van der Waals surface area contributed by atoms with Crippen LogP contribution in [-0.4, -0.2) is 27.1 Å². The van der Waals surface area contributed by atoms with E-state index in [2.05, 4.69) is 33.9 Å². The first kappa shape index (κ1) is 11.6. The van der Waals surface area contributed by atoms with Crippen LogP contribution >= 0.6 is 0 Å². The largest absolute Gasteiger partial charge is 0.417 e. The van der Waals surface area contributed by atoms with Gasteiger partial charge in [-0.2, -0.15) is 0 Å². The Morgan fingerprint density at radius 3 is 2.20 bits per heavy atom. The quantitative estimate of drug-likeness (QED) is 0.546. The lowest BCUT2D eigenvalue weighted by Crippen LogP contribution is -2.41. The molecule has 2 rings (SSSR count). The van der Waals surface area contributed by atoms with Crippen molar-refractivity contribution in [2.45, 2.75) is 64.0 Å². The van der Waals surface area contributed by atoms with Crippen molar-refractivity contribution in [1.29, 1.82) is 0 Å². The van der Waals surface area contributed by atoms with Crippen LogP contribution < -0.4 is 0 Å². The van der Waals surface area contributed by atoms with Crippen molar-refractivity contribution in [3.63, 3.8) is 0 Å². The molecule has 2 fully saturated rings. The first-order chi connectivity index (χ1) is 6.79. The van der Waals surface area contributed by atoms with Crippen molar-refractivity contribution in [2.75, 3.05) is 6.61 Å². The minimum absolute atomic E-state index is 0.338. The van der Waals surface area contributed by atoms with Crippen LogP contribution in [0.4, 0.5) is 0 Å². The van der Waals surface area contributed by atoms with E-state index in [0.717, 1.165) is 12.5 Å². The molecule has 0 unspecified atom stereocenters. The normalized spacial score (nSPS) is 35.4. The summed E-state index contributed by atoms with van der Waals surface area (Å²) in [7, 11) is -1.52. The summed E-state index contributed by atoms with van der Waals surface area (Å²) in [6.07, 6.45) is 3.66. The predicted octanol–water partition coefficient (Wildman–Crippen LogP) is 3.19. The lowest BCUT2D eigenvalue weighted by atomic mass is 10.1. The molecule has 0 aromatic carbocycles. The topological polar surface area (TPSA) is 21.8 Å². The van der Waals surface area contributed by atoms with Crippen LogP contribution in [-0.2, 0) is 9.16 Å². The van der Waals surface area contributed by atoms with Crippen molar-refractivity contribution < 1.29 is 9.16 Å². The van der Waals surface area contributed by atoms with E-state index in [-0.39, 0.29) is 0 Å². The van der Waals surface area contributed by atoms with E-state index in [4.69, 9.17) is 9.16 Å². The Hall–Kier alpha value is 0.137. The summed E-state index contributed by atoms with van der Waals surface area (Å²) in [5, 5.41) is 0.338. The Kier molecular flexibility index (Phi) is 2.77. The highest BCUT2D eigenvalue weighted by Crippen LogP contribution is 2.43. The lowest BCUT2D eigenvalue weighted by molar-refractivity contribution is 0.184. The fourth-order valence-corrected chi connectivity index (χ4v) is 3.11. The van der Waals surface area contributed by atoms with Crippen LogP contribution in [0.25, 0.3) is 0 Å². The highest BCUT2D eigenvalue weighted by molar-refractivity contribution is 6.74. The molecule has 1 saturated heterocycles. The molecule has 1 heterocycles. The smallest absolute Gasteiger partial charge is 0.191 e. The van der Waals surface area contributed by atoms with Gasteiger partial charge in [-0.1, -0.05) is 20.8 Å². The maximum Gasteiger partial charge on any atom is 0.191 e. The minimum atomic E-state index is -1.52. The molecule has 0 amide bonds. The standard InChI is InChI=1S/C12H24O2Si/c1-12(2,3)15(4,5)13-8-9-6-10-11(7-9)14-10/h9-11H,6-8H2,1-5H3/t9-,10-,11+. The van der Waals surface area contributed by atoms with Crippen molar-refractivity contribution in [3.05, 3.63) is 0 Å².